The van der Waals surface area contributed by atoms with Crippen LogP contribution in [0, 0.1) is 0 Å². The molecule has 1 aliphatic heterocycles. The lowest BCUT2D eigenvalue weighted by Crippen LogP contribution is -2.49. The normalized spacial score (nSPS) is 20.2. The molecule has 0 bridgehead atoms. The highest BCUT2D eigenvalue weighted by Gasteiger charge is 2.31. The summed E-state index contributed by atoms with van der Waals surface area (Å²) in [5.74, 6) is -0.458. The molecule has 0 amide bonds. The first-order chi connectivity index (χ1) is 13.2. The molecule has 2 rings (SSSR count). The summed E-state index contributed by atoms with van der Waals surface area (Å²) in [6.07, 6.45) is 8.46. The van der Waals surface area contributed by atoms with Gasteiger partial charge in [0.25, 0.3) is 0 Å². The maximum atomic E-state index is 12.2. The van der Waals surface area contributed by atoms with Crippen molar-refractivity contribution in [2.45, 2.75) is 70.4 Å². The fraction of sp³-hybridized carbons (Fsp3) is 0.636. The van der Waals surface area contributed by atoms with Crippen molar-refractivity contribution in [1.82, 2.24) is 4.90 Å². The Morgan fingerprint density at radius 3 is 2.56 bits per heavy atom. The van der Waals surface area contributed by atoms with Crippen molar-refractivity contribution in [3.63, 3.8) is 0 Å². The molecule has 150 valence electrons. The van der Waals surface area contributed by atoms with Crippen molar-refractivity contribution in [3.05, 3.63) is 35.9 Å². The second-order valence-electron chi connectivity index (χ2n) is 7.25. The summed E-state index contributed by atoms with van der Waals surface area (Å²) in [7, 11) is 1.44. The van der Waals surface area contributed by atoms with Crippen molar-refractivity contribution in [2.24, 2.45) is 0 Å². The van der Waals surface area contributed by atoms with E-state index in [-0.39, 0.29) is 18.0 Å². The Morgan fingerprint density at radius 2 is 1.85 bits per heavy atom. The fourth-order valence-corrected chi connectivity index (χ4v) is 3.92. The Balaban J connectivity index is 1.93. The first kappa shape index (κ1) is 21.4. The van der Waals surface area contributed by atoms with E-state index in [1.165, 1.54) is 26.4 Å². The Morgan fingerprint density at radius 1 is 1.11 bits per heavy atom. The van der Waals surface area contributed by atoms with Crippen LogP contribution in [0.15, 0.2) is 30.3 Å². The molecular weight excluding hydrogens is 342 g/mol. The molecule has 0 saturated carbocycles. The number of rotatable bonds is 10. The first-order valence-electron chi connectivity index (χ1n) is 10.2. The predicted molar refractivity (Wildman–Crippen MR) is 106 cm³/mol. The lowest BCUT2D eigenvalue weighted by molar-refractivity contribution is -0.142. The van der Waals surface area contributed by atoms with Gasteiger partial charge in [-0.25, -0.2) is 4.79 Å². The Labute approximate surface area is 163 Å². The van der Waals surface area contributed by atoms with E-state index in [4.69, 9.17) is 9.47 Å². The highest BCUT2D eigenvalue weighted by molar-refractivity contribution is 5.89. The van der Waals surface area contributed by atoms with Crippen molar-refractivity contribution in [1.29, 1.82) is 0 Å². The number of piperidine rings is 1. The van der Waals surface area contributed by atoms with Gasteiger partial charge in [-0.2, -0.15) is 0 Å². The van der Waals surface area contributed by atoms with E-state index in [0.29, 0.717) is 31.2 Å². The van der Waals surface area contributed by atoms with Gasteiger partial charge in [0, 0.05) is 18.6 Å². The van der Waals surface area contributed by atoms with Crippen LogP contribution < -0.4 is 0 Å². The van der Waals surface area contributed by atoms with Crippen LogP contribution in [0.5, 0.6) is 0 Å². The lowest BCUT2D eigenvalue weighted by atomic mass is 9.90. The van der Waals surface area contributed by atoms with E-state index < -0.39 is 0 Å². The van der Waals surface area contributed by atoms with E-state index in [0.717, 1.165) is 25.7 Å². The summed E-state index contributed by atoms with van der Waals surface area (Å²) >= 11 is 0. The molecule has 5 nitrogen and oxygen atoms in total. The van der Waals surface area contributed by atoms with E-state index >= 15 is 0 Å². The molecule has 0 unspecified atom stereocenters. The van der Waals surface area contributed by atoms with Crippen LogP contribution in [0.3, 0.4) is 0 Å². The van der Waals surface area contributed by atoms with Crippen LogP contribution in [0.4, 0.5) is 0 Å². The first-order valence-corrected chi connectivity index (χ1v) is 10.2. The second-order valence-corrected chi connectivity index (χ2v) is 7.25. The third-order valence-electron chi connectivity index (χ3n) is 5.38. The molecule has 0 aliphatic carbocycles. The van der Waals surface area contributed by atoms with Gasteiger partial charge in [-0.05, 0) is 31.4 Å². The van der Waals surface area contributed by atoms with Crippen LogP contribution in [-0.4, -0.2) is 49.2 Å². The van der Waals surface area contributed by atoms with Gasteiger partial charge in [0.2, 0.25) is 0 Å². The average molecular weight is 376 g/mol. The topological polar surface area (TPSA) is 55.8 Å². The maximum absolute atomic E-state index is 12.2. The van der Waals surface area contributed by atoms with Gasteiger partial charge < -0.3 is 9.47 Å². The van der Waals surface area contributed by atoms with Crippen LogP contribution in [0.25, 0.3) is 0 Å². The van der Waals surface area contributed by atoms with Crippen LogP contribution >= 0.6 is 0 Å². The molecule has 5 heteroatoms. The summed E-state index contributed by atoms with van der Waals surface area (Å²) in [5, 5.41) is 0. The molecular formula is C22H33NO4. The monoisotopic (exact) mass is 375 g/mol. The third-order valence-corrected chi connectivity index (χ3v) is 5.38. The van der Waals surface area contributed by atoms with Gasteiger partial charge in [-0.3, -0.25) is 9.69 Å². The highest BCUT2D eigenvalue weighted by Crippen LogP contribution is 2.28. The average Bonchev–Trinajstić information content (AvgIpc) is 2.70. The van der Waals surface area contributed by atoms with Crippen LogP contribution in [-0.2, 0) is 14.3 Å². The van der Waals surface area contributed by atoms with Crippen LogP contribution in [0.2, 0.25) is 0 Å². The third kappa shape index (κ3) is 6.98. The molecule has 1 aliphatic rings. The summed E-state index contributed by atoms with van der Waals surface area (Å²) in [4.78, 5) is 26.4. The van der Waals surface area contributed by atoms with E-state index in [9.17, 15) is 9.59 Å². The van der Waals surface area contributed by atoms with Crippen molar-refractivity contribution in [2.75, 3.05) is 20.3 Å². The van der Waals surface area contributed by atoms with Gasteiger partial charge in [0.15, 0.2) is 0 Å². The number of benzene rings is 1. The summed E-state index contributed by atoms with van der Waals surface area (Å²) in [6.45, 7) is 3.22. The van der Waals surface area contributed by atoms with Gasteiger partial charge >= 0.3 is 11.9 Å². The number of hydrogen-bond acceptors (Lipinski definition) is 5. The van der Waals surface area contributed by atoms with E-state index in [1.54, 1.807) is 12.1 Å². The predicted octanol–water partition coefficient (Wildman–Crippen LogP) is 4.21. The van der Waals surface area contributed by atoms with Gasteiger partial charge in [0.05, 0.1) is 19.1 Å². The van der Waals surface area contributed by atoms with Gasteiger partial charge in [-0.15, -0.1) is 0 Å². The van der Waals surface area contributed by atoms with Gasteiger partial charge in [0.1, 0.15) is 6.61 Å². The molecule has 0 spiro atoms. The number of methoxy groups -OCH3 is 1. The standard InChI is InChI=1S/C22H33NO4/c1-3-4-6-12-19-13-9-14-20(17-21(24)26-2)23(19)15-16-27-22(25)18-10-7-5-8-11-18/h5,7-8,10-11,19-20H,3-4,6,9,12-17H2,1-2H3/t19-,20-/m1/s1. The number of likely N-dealkylation sites (tertiary alicyclic amines) is 1. The molecule has 27 heavy (non-hydrogen) atoms. The number of carbonyl (C=O) groups excluding carboxylic acids is 2. The summed E-state index contributed by atoms with van der Waals surface area (Å²) in [6, 6.07) is 9.69. The van der Waals surface area contributed by atoms with E-state index in [1.807, 2.05) is 18.2 Å². The molecule has 1 aromatic carbocycles. The molecule has 0 aromatic heterocycles. The Bertz CT molecular complexity index is 575. The van der Waals surface area contributed by atoms with Crippen molar-refractivity contribution >= 4 is 11.9 Å². The summed E-state index contributed by atoms with van der Waals surface area (Å²) in [5.41, 5.74) is 0.571. The smallest absolute Gasteiger partial charge is 0.338 e. The zero-order valence-electron chi connectivity index (χ0n) is 16.7. The number of unbranched alkanes of at least 4 members (excludes halogenated alkanes) is 2. The molecule has 0 radical (unpaired) electrons. The van der Waals surface area contributed by atoms with Crippen molar-refractivity contribution in [3.8, 4) is 0 Å². The maximum Gasteiger partial charge on any atom is 0.338 e. The Hall–Kier alpha value is -1.88. The summed E-state index contributed by atoms with van der Waals surface area (Å²) < 4.78 is 10.4. The zero-order valence-corrected chi connectivity index (χ0v) is 16.7. The number of nitrogens with zero attached hydrogens (tertiary/aromatic N) is 1. The number of ether oxygens (including phenoxy) is 2. The largest absolute Gasteiger partial charge is 0.469 e. The minimum absolute atomic E-state index is 0.166. The lowest BCUT2D eigenvalue weighted by Gasteiger charge is -2.42. The molecule has 0 N–H and O–H groups in total. The molecule has 1 heterocycles. The second kappa shape index (κ2) is 11.8. The van der Waals surface area contributed by atoms with Crippen LogP contribution in [0.1, 0.15) is 68.6 Å². The number of esters is 2. The number of hydrogen-bond donors (Lipinski definition) is 0. The number of carbonyl (C=O) groups is 2. The minimum Gasteiger partial charge on any atom is -0.469 e. The van der Waals surface area contributed by atoms with E-state index in [2.05, 4.69) is 11.8 Å². The Kier molecular flexibility index (Phi) is 9.32. The molecule has 1 saturated heterocycles. The van der Waals surface area contributed by atoms with Crippen molar-refractivity contribution < 1.29 is 19.1 Å². The fourth-order valence-electron chi connectivity index (χ4n) is 3.92. The molecule has 1 aromatic rings. The zero-order chi connectivity index (χ0) is 19.5. The quantitative estimate of drug-likeness (QED) is 0.453. The highest BCUT2D eigenvalue weighted by atomic mass is 16.5. The molecule has 2 atom stereocenters. The minimum atomic E-state index is -0.292. The SMILES string of the molecule is CCCCC[C@@H]1CCC[C@H](CC(=O)OC)N1CCOC(=O)c1ccccc1. The van der Waals surface area contributed by atoms with Gasteiger partial charge in [-0.1, -0.05) is 50.8 Å². The molecule has 1 fully saturated rings.